The van der Waals surface area contributed by atoms with E-state index in [0.29, 0.717) is 11.4 Å². The first-order valence-corrected chi connectivity index (χ1v) is 6.90. The van der Waals surface area contributed by atoms with Gasteiger partial charge in [0.15, 0.2) is 0 Å². The van der Waals surface area contributed by atoms with E-state index in [0.717, 1.165) is 16.9 Å². The predicted molar refractivity (Wildman–Crippen MR) is 82.3 cm³/mol. The monoisotopic (exact) mass is 286 g/mol. The molecule has 20 heavy (non-hydrogen) atoms. The molecule has 1 N–H and O–H groups in total. The molecule has 0 bridgehead atoms. The van der Waals surface area contributed by atoms with E-state index in [4.69, 9.17) is 11.6 Å². The maximum absolute atomic E-state index is 12.1. The second kappa shape index (κ2) is 5.17. The summed E-state index contributed by atoms with van der Waals surface area (Å²) in [6.45, 7) is 0. The summed E-state index contributed by atoms with van der Waals surface area (Å²) in [5.74, 6) is 0.114. The van der Waals surface area contributed by atoms with Gasteiger partial charge in [-0.05, 0) is 29.8 Å². The standard InChI is InChI=1S/C16H15ClN2O/c1-19-15-8-3-2-7-13(15)14(10-16(19)20)18-12-6-4-5-11(17)9-12/h2-9,14,18H,10H2,1H3. The molecule has 4 heteroatoms. The van der Waals surface area contributed by atoms with Crippen LogP contribution in [0.15, 0.2) is 48.5 Å². The molecular formula is C16H15ClN2O. The normalized spacial score (nSPS) is 17.8. The first kappa shape index (κ1) is 13.0. The number of rotatable bonds is 2. The lowest BCUT2D eigenvalue weighted by atomic mass is 9.96. The van der Waals surface area contributed by atoms with Crippen LogP contribution in [0.2, 0.25) is 5.02 Å². The Labute approximate surface area is 123 Å². The van der Waals surface area contributed by atoms with Crippen LogP contribution in [0.5, 0.6) is 0 Å². The lowest BCUT2D eigenvalue weighted by molar-refractivity contribution is -0.118. The van der Waals surface area contributed by atoms with Crippen LogP contribution in [0.1, 0.15) is 18.0 Å². The van der Waals surface area contributed by atoms with Crippen LogP contribution in [-0.4, -0.2) is 13.0 Å². The van der Waals surface area contributed by atoms with E-state index >= 15 is 0 Å². The Morgan fingerprint density at radius 3 is 2.80 bits per heavy atom. The van der Waals surface area contributed by atoms with Crippen molar-refractivity contribution < 1.29 is 4.79 Å². The number of nitrogens with one attached hydrogen (secondary N) is 1. The predicted octanol–water partition coefficient (Wildman–Crippen LogP) is 3.86. The number of carbonyl (C=O) groups excluding carboxylic acids is 1. The Balaban J connectivity index is 1.94. The molecule has 1 aliphatic rings. The molecule has 102 valence electrons. The SMILES string of the molecule is CN1C(=O)CC(Nc2cccc(Cl)c2)c2ccccc21. The zero-order valence-electron chi connectivity index (χ0n) is 11.1. The van der Waals surface area contributed by atoms with Gasteiger partial charge >= 0.3 is 0 Å². The van der Waals surface area contributed by atoms with Crippen LogP contribution >= 0.6 is 11.6 Å². The number of hydrogen-bond acceptors (Lipinski definition) is 2. The van der Waals surface area contributed by atoms with Crippen molar-refractivity contribution in [3.63, 3.8) is 0 Å². The molecule has 1 amide bonds. The molecule has 3 nitrogen and oxygen atoms in total. The molecule has 0 fully saturated rings. The quantitative estimate of drug-likeness (QED) is 0.909. The highest BCUT2D eigenvalue weighted by Gasteiger charge is 2.28. The number of fused-ring (bicyclic) bond motifs is 1. The van der Waals surface area contributed by atoms with E-state index in [9.17, 15) is 4.79 Å². The van der Waals surface area contributed by atoms with E-state index in [1.165, 1.54) is 0 Å². The Morgan fingerprint density at radius 1 is 1.20 bits per heavy atom. The molecule has 2 aromatic rings. The minimum Gasteiger partial charge on any atom is -0.378 e. The topological polar surface area (TPSA) is 32.3 Å². The largest absolute Gasteiger partial charge is 0.378 e. The zero-order valence-corrected chi connectivity index (χ0v) is 11.9. The number of halogens is 1. The zero-order chi connectivity index (χ0) is 14.1. The second-order valence-corrected chi connectivity index (χ2v) is 5.36. The van der Waals surface area contributed by atoms with Gasteiger partial charge in [-0.1, -0.05) is 35.9 Å². The number of para-hydroxylation sites is 1. The van der Waals surface area contributed by atoms with Gasteiger partial charge in [-0.15, -0.1) is 0 Å². The molecule has 0 saturated carbocycles. The average Bonchev–Trinajstić information content (AvgIpc) is 2.45. The van der Waals surface area contributed by atoms with Crippen molar-refractivity contribution in [2.75, 3.05) is 17.3 Å². The minimum atomic E-state index is -0.0200. The lowest BCUT2D eigenvalue weighted by Gasteiger charge is -2.32. The van der Waals surface area contributed by atoms with Crippen LogP contribution in [-0.2, 0) is 4.79 Å². The fourth-order valence-corrected chi connectivity index (χ4v) is 2.74. The molecular weight excluding hydrogens is 272 g/mol. The van der Waals surface area contributed by atoms with Crippen LogP contribution < -0.4 is 10.2 Å². The van der Waals surface area contributed by atoms with E-state index in [1.54, 1.807) is 4.90 Å². The Kier molecular flexibility index (Phi) is 3.36. The van der Waals surface area contributed by atoms with Gasteiger partial charge in [-0.3, -0.25) is 4.79 Å². The summed E-state index contributed by atoms with van der Waals surface area (Å²) < 4.78 is 0. The van der Waals surface area contributed by atoms with Crippen molar-refractivity contribution in [3.05, 3.63) is 59.1 Å². The smallest absolute Gasteiger partial charge is 0.229 e. The summed E-state index contributed by atoms with van der Waals surface area (Å²) in [6.07, 6.45) is 0.444. The number of hydrogen-bond donors (Lipinski definition) is 1. The third-order valence-electron chi connectivity index (χ3n) is 3.59. The molecule has 0 aromatic heterocycles. The summed E-state index contributed by atoms with van der Waals surface area (Å²) in [6, 6.07) is 15.5. The molecule has 1 heterocycles. The average molecular weight is 287 g/mol. The van der Waals surface area contributed by atoms with Gasteiger partial charge in [0.05, 0.1) is 12.5 Å². The summed E-state index contributed by atoms with van der Waals surface area (Å²) in [5, 5.41) is 4.08. The summed E-state index contributed by atoms with van der Waals surface area (Å²) >= 11 is 6.00. The van der Waals surface area contributed by atoms with Gasteiger partial charge in [0.25, 0.3) is 0 Å². The first-order chi connectivity index (χ1) is 9.65. The lowest BCUT2D eigenvalue weighted by Crippen LogP contribution is -2.35. The fraction of sp³-hybridized carbons (Fsp3) is 0.188. The third-order valence-corrected chi connectivity index (χ3v) is 3.83. The van der Waals surface area contributed by atoms with Gasteiger partial charge in [-0.25, -0.2) is 0 Å². The molecule has 0 aliphatic carbocycles. The molecule has 0 saturated heterocycles. The van der Waals surface area contributed by atoms with Gasteiger partial charge in [0.1, 0.15) is 0 Å². The Hall–Kier alpha value is -2.00. The van der Waals surface area contributed by atoms with Crippen molar-refractivity contribution in [3.8, 4) is 0 Å². The van der Waals surface area contributed by atoms with Crippen molar-refractivity contribution in [1.29, 1.82) is 0 Å². The molecule has 3 rings (SSSR count). The Bertz CT molecular complexity index is 656. The van der Waals surface area contributed by atoms with Crippen molar-refractivity contribution in [2.24, 2.45) is 0 Å². The van der Waals surface area contributed by atoms with Gasteiger partial charge < -0.3 is 10.2 Å². The van der Waals surface area contributed by atoms with Crippen molar-refractivity contribution in [1.82, 2.24) is 0 Å². The van der Waals surface area contributed by atoms with Gasteiger partial charge in [0.2, 0.25) is 5.91 Å². The fourth-order valence-electron chi connectivity index (χ4n) is 2.55. The first-order valence-electron chi connectivity index (χ1n) is 6.53. The molecule has 1 unspecified atom stereocenters. The van der Waals surface area contributed by atoms with Crippen LogP contribution in [0.4, 0.5) is 11.4 Å². The summed E-state index contributed by atoms with van der Waals surface area (Å²) in [4.78, 5) is 13.8. The van der Waals surface area contributed by atoms with Crippen molar-refractivity contribution >= 4 is 28.9 Å². The second-order valence-electron chi connectivity index (χ2n) is 4.92. The molecule has 2 aromatic carbocycles. The summed E-state index contributed by atoms with van der Waals surface area (Å²) in [7, 11) is 1.82. The van der Waals surface area contributed by atoms with E-state index < -0.39 is 0 Å². The Morgan fingerprint density at radius 2 is 2.00 bits per heavy atom. The van der Waals surface area contributed by atoms with Crippen LogP contribution in [0.3, 0.4) is 0 Å². The maximum Gasteiger partial charge on any atom is 0.229 e. The number of nitrogens with zero attached hydrogens (tertiary/aromatic N) is 1. The highest BCUT2D eigenvalue weighted by molar-refractivity contribution is 6.30. The van der Waals surface area contributed by atoms with E-state index in [1.807, 2.05) is 49.5 Å². The minimum absolute atomic E-state index is 0.0200. The highest BCUT2D eigenvalue weighted by Crippen LogP contribution is 2.35. The van der Waals surface area contributed by atoms with Gasteiger partial charge in [0, 0.05) is 23.4 Å². The molecule has 1 aliphatic heterocycles. The van der Waals surface area contributed by atoms with E-state index in [-0.39, 0.29) is 11.9 Å². The van der Waals surface area contributed by atoms with Crippen LogP contribution in [0, 0.1) is 0 Å². The number of benzene rings is 2. The van der Waals surface area contributed by atoms with Gasteiger partial charge in [-0.2, -0.15) is 0 Å². The molecule has 1 atom stereocenters. The summed E-state index contributed by atoms with van der Waals surface area (Å²) in [5.41, 5.74) is 3.02. The third kappa shape index (κ3) is 2.37. The number of anilines is 2. The van der Waals surface area contributed by atoms with E-state index in [2.05, 4.69) is 11.4 Å². The van der Waals surface area contributed by atoms with Crippen LogP contribution in [0.25, 0.3) is 0 Å². The van der Waals surface area contributed by atoms with Crippen molar-refractivity contribution in [2.45, 2.75) is 12.5 Å². The number of carbonyl (C=O) groups is 1. The molecule has 0 spiro atoms. The highest BCUT2D eigenvalue weighted by atomic mass is 35.5. The molecule has 0 radical (unpaired) electrons. The maximum atomic E-state index is 12.1. The number of amides is 1.